The lowest BCUT2D eigenvalue weighted by atomic mass is 10.4. The molecule has 2 aromatic carbocycles. The number of urea groups is 1. The van der Waals surface area contributed by atoms with E-state index in [1.165, 1.54) is 24.3 Å². The van der Waals surface area contributed by atoms with Crippen LogP contribution in [0, 0.1) is 0 Å². The zero-order chi connectivity index (χ0) is 19.2. The maximum atomic E-state index is 13.0. The third kappa shape index (κ3) is 2.88. The number of sulfonamides is 2. The normalized spacial score (nSPS) is 23.6. The Morgan fingerprint density at radius 3 is 1.44 bits per heavy atom. The molecule has 0 spiro atoms. The zero-order valence-corrected chi connectivity index (χ0v) is 15.5. The van der Waals surface area contributed by atoms with Gasteiger partial charge in [0.2, 0.25) is 20.0 Å². The molecule has 2 amide bonds. The van der Waals surface area contributed by atoms with Gasteiger partial charge in [0.1, 0.15) is 12.3 Å². The highest BCUT2D eigenvalue weighted by Crippen LogP contribution is 2.31. The number of carbonyl (C=O) groups is 1. The van der Waals surface area contributed by atoms with Gasteiger partial charge in [-0.15, -0.1) is 0 Å². The molecule has 0 saturated carbocycles. The van der Waals surface area contributed by atoms with Crippen molar-refractivity contribution in [2.45, 2.75) is 22.1 Å². The van der Waals surface area contributed by atoms with Crippen LogP contribution in [0.1, 0.15) is 0 Å². The number of hydrogen-bond donors (Lipinski definition) is 2. The highest BCUT2D eigenvalue weighted by molar-refractivity contribution is 7.90. The van der Waals surface area contributed by atoms with E-state index in [1.807, 2.05) is 0 Å². The van der Waals surface area contributed by atoms with Crippen LogP contribution in [0.15, 0.2) is 70.5 Å². The molecule has 27 heavy (non-hydrogen) atoms. The van der Waals surface area contributed by atoms with E-state index in [2.05, 4.69) is 10.6 Å². The smallest absolute Gasteiger partial charge is 0.317 e. The van der Waals surface area contributed by atoms with Crippen molar-refractivity contribution in [1.82, 2.24) is 19.2 Å². The van der Waals surface area contributed by atoms with Crippen molar-refractivity contribution in [3.05, 3.63) is 60.7 Å². The number of fused-ring (bicyclic) bond motifs is 1. The van der Waals surface area contributed by atoms with Crippen molar-refractivity contribution in [2.75, 3.05) is 6.67 Å². The Hall–Kier alpha value is -2.47. The molecule has 2 N–H and O–H groups in total. The predicted molar refractivity (Wildman–Crippen MR) is 95.0 cm³/mol. The summed E-state index contributed by atoms with van der Waals surface area (Å²) in [6.07, 6.45) is -2.08. The quantitative estimate of drug-likeness (QED) is 0.755. The van der Waals surface area contributed by atoms with E-state index >= 15 is 0 Å². The van der Waals surface area contributed by atoms with E-state index in [-0.39, 0.29) is 9.79 Å². The first-order chi connectivity index (χ1) is 12.8. The van der Waals surface area contributed by atoms with Gasteiger partial charge < -0.3 is 10.6 Å². The lowest BCUT2D eigenvalue weighted by Crippen LogP contribution is -2.46. The molecule has 2 aromatic rings. The molecule has 0 unspecified atom stereocenters. The Kier molecular flexibility index (Phi) is 4.18. The first kappa shape index (κ1) is 17.9. The Morgan fingerprint density at radius 1 is 0.704 bits per heavy atom. The second kappa shape index (κ2) is 6.30. The van der Waals surface area contributed by atoms with E-state index in [0.29, 0.717) is 0 Å². The van der Waals surface area contributed by atoms with Crippen molar-refractivity contribution in [1.29, 1.82) is 0 Å². The fourth-order valence-corrected chi connectivity index (χ4v) is 6.25. The van der Waals surface area contributed by atoms with E-state index in [0.717, 1.165) is 8.61 Å². The molecule has 2 aliphatic rings. The minimum Gasteiger partial charge on any atom is -0.318 e. The molecular formula is C16H16N4O5S2. The first-order valence-electron chi connectivity index (χ1n) is 8.03. The highest BCUT2D eigenvalue weighted by atomic mass is 32.2. The summed E-state index contributed by atoms with van der Waals surface area (Å²) in [6, 6.07) is 14.7. The minimum atomic E-state index is -4.02. The molecule has 0 aromatic heterocycles. The largest absolute Gasteiger partial charge is 0.318 e. The second-order valence-electron chi connectivity index (χ2n) is 6.06. The van der Waals surface area contributed by atoms with Crippen molar-refractivity contribution < 1.29 is 21.6 Å². The van der Waals surface area contributed by atoms with E-state index in [9.17, 15) is 21.6 Å². The van der Waals surface area contributed by atoms with Gasteiger partial charge in [0.05, 0.1) is 16.5 Å². The summed E-state index contributed by atoms with van der Waals surface area (Å²) in [5.41, 5.74) is 0. The maximum Gasteiger partial charge on any atom is 0.317 e. The summed E-state index contributed by atoms with van der Waals surface area (Å²) >= 11 is 0. The van der Waals surface area contributed by atoms with Crippen LogP contribution >= 0.6 is 0 Å². The van der Waals surface area contributed by atoms with Gasteiger partial charge in [-0.25, -0.2) is 21.6 Å². The van der Waals surface area contributed by atoms with Gasteiger partial charge in [-0.3, -0.25) is 0 Å². The SMILES string of the molecule is O=C1N[C@@H]2[C@@H](N1)N(S(=O)(=O)c1ccccc1)CN2S(=O)(=O)c1ccccc1. The molecule has 0 aliphatic carbocycles. The molecule has 9 nitrogen and oxygen atoms in total. The Labute approximate surface area is 156 Å². The molecule has 2 heterocycles. The van der Waals surface area contributed by atoms with Crippen molar-refractivity contribution in [2.24, 2.45) is 0 Å². The van der Waals surface area contributed by atoms with Crippen LogP contribution in [0.2, 0.25) is 0 Å². The Bertz CT molecular complexity index is 989. The lowest BCUT2D eigenvalue weighted by molar-refractivity contribution is 0.239. The van der Waals surface area contributed by atoms with E-state index in [1.54, 1.807) is 36.4 Å². The monoisotopic (exact) mass is 408 g/mol. The Balaban J connectivity index is 1.76. The summed E-state index contributed by atoms with van der Waals surface area (Å²) in [5.74, 6) is 0. The van der Waals surface area contributed by atoms with Crippen LogP contribution in [0.3, 0.4) is 0 Å². The second-order valence-corrected chi connectivity index (χ2v) is 9.84. The molecule has 0 bridgehead atoms. The predicted octanol–water partition coefficient (Wildman–Crippen LogP) is 0.304. The van der Waals surface area contributed by atoms with Crippen molar-refractivity contribution in [3.63, 3.8) is 0 Å². The van der Waals surface area contributed by atoms with Gasteiger partial charge >= 0.3 is 6.03 Å². The van der Waals surface area contributed by atoms with Crippen LogP contribution < -0.4 is 10.6 Å². The average Bonchev–Trinajstić information content (AvgIpc) is 3.20. The maximum absolute atomic E-state index is 13.0. The third-order valence-electron chi connectivity index (χ3n) is 4.46. The van der Waals surface area contributed by atoms with Crippen molar-refractivity contribution in [3.8, 4) is 0 Å². The molecule has 142 valence electrons. The number of rotatable bonds is 4. The molecule has 2 saturated heterocycles. The number of nitrogens with one attached hydrogen (secondary N) is 2. The molecule has 2 aliphatic heterocycles. The van der Waals surface area contributed by atoms with Gasteiger partial charge in [0, 0.05) is 0 Å². The molecular weight excluding hydrogens is 392 g/mol. The lowest BCUT2D eigenvalue weighted by Gasteiger charge is -2.21. The molecule has 2 fully saturated rings. The van der Waals surface area contributed by atoms with Gasteiger partial charge in [-0.1, -0.05) is 36.4 Å². The summed E-state index contributed by atoms with van der Waals surface area (Å²) in [4.78, 5) is 11.8. The molecule has 2 atom stereocenters. The summed E-state index contributed by atoms with van der Waals surface area (Å²) in [7, 11) is -8.04. The topological polar surface area (TPSA) is 116 Å². The average molecular weight is 408 g/mol. The fraction of sp³-hybridized carbons (Fsp3) is 0.188. The van der Waals surface area contributed by atoms with Gasteiger partial charge in [0.15, 0.2) is 0 Å². The van der Waals surface area contributed by atoms with Gasteiger partial charge in [0.25, 0.3) is 0 Å². The summed E-state index contributed by atoms with van der Waals surface area (Å²) in [6.45, 7) is -0.420. The third-order valence-corrected chi connectivity index (χ3v) is 8.11. The molecule has 11 heteroatoms. The number of carbonyl (C=O) groups excluding carboxylic acids is 1. The number of benzene rings is 2. The molecule has 0 radical (unpaired) electrons. The van der Waals surface area contributed by atoms with E-state index in [4.69, 9.17) is 0 Å². The van der Waals surface area contributed by atoms with E-state index < -0.39 is 45.1 Å². The van der Waals surface area contributed by atoms with Crippen LogP contribution in [0.4, 0.5) is 4.79 Å². The van der Waals surface area contributed by atoms with Gasteiger partial charge in [-0.05, 0) is 24.3 Å². The standard InChI is InChI=1S/C16H16N4O5S2/c21-16-17-14-15(18-16)20(27(24,25)13-9-5-2-6-10-13)11-19(14)26(22,23)12-7-3-1-4-8-12/h1-10,14-15H,11H2,(H2,17,18,21)/t14-,15-/m0/s1. The van der Waals surface area contributed by atoms with Gasteiger partial charge in [-0.2, -0.15) is 8.61 Å². The van der Waals surface area contributed by atoms with Crippen LogP contribution in [0.25, 0.3) is 0 Å². The fourth-order valence-electron chi connectivity index (χ4n) is 3.15. The van der Waals surface area contributed by atoms with Crippen LogP contribution in [-0.4, -0.2) is 50.5 Å². The summed E-state index contributed by atoms with van der Waals surface area (Å²) in [5, 5.41) is 4.97. The number of nitrogens with zero attached hydrogens (tertiary/aromatic N) is 2. The minimum absolute atomic E-state index is 0.0175. The highest BCUT2D eigenvalue weighted by Gasteiger charge is 2.55. The number of amides is 2. The summed E-state index contributed by atoms with van der Waals surface area (Å²) < 4.78 is 54.0. The molecule has 4 rings (SSSR count). The van der Waals surface area contributed by atoms with Crippen LogP contribution in [-0.2, 0) is 20.0 Å². The first-order valence-corrected chi connectivity index (χ1v) is 10.9. The number of hydrogen-bond acceptors (Lipinski definition) is 5. The van der Waals surface area contributed by atoms with Crippen LogP contribution in [0.5, 0.6) is 0 Å². The Morgan fingerprint density at radius 2 is 1.07 bits per heavy atom. The zero-order valence-electron chi connectivity index (χ0n) is 13.9. The van der Waals surface area contributed by atoms with Crippen molar-refractivity contribution >= 4 is 26.1 Å².